The maximum atomic E-state index is 13.2. The van der Waals surface area contributed by atoms with Crippen LogP contribution in [0.15, 0.2) is 42.6 Å². The SMILES string of the molecule is COC1=CC=CC(N)(C(=O)NC2(CCO)CCNC(c3ncc4nccnc4n3)CC2)C1. The van der Waals surface area contributed by atoms with Gasteiger partial charge in [0.2, 0.25) is 5.91 Å². The summed E-state index contributed by atoms with van der Waals surface area (Å²) in [6, 6.07) is -0.0942. The van der Waals surface area contributed by atoms with Gasteiger partial charge in [-0.25, -0.2) is 19.9 Å². The fraction of sp³-hybridized carbons (Fsp3) is 0.500. The van der Waals surface area contributed by atoms with Crippen molar-refractivity contribution in [3.05, 3.63) is 48.4 Å². The standard InChI is InChI=1S/C22H29N7O3/c1-32-15-3-2-5-22(23,13-15)20(31)29-21(8-12-30)6-4-16(24-9-7-21)18-27-14-17-19(28-18)26-11-10-25-17/h2-3,5,10-11,14,16,24,30H,4,6-9,12-13,23H2,1H3,(H,29,31). The second-order valence-corrected chi connectivity index (χ2v) is 8.41. The van der Waals surface area contributed by atoms with Gasteiger partial charge in [-0.05, 0) is 38.3 Å². The van der Waals surface area contributed by atoms with Crippen LogP contribution in [0.25, 0.3) is 11.2 Å². The van der Waals surface area contributed by atoms with E-state index in [0.717, 1.165) is 0 Å². The van der Waals surface area contributed by atoms with E-state index in [1.807, 2.05) is 0 Å². The molecule has 1 aliphatic carbocycles. The number of aliphatic hydroxyl groups is 1. The highest BCUT2D eigenvalue weighted by molar-refractivity contribution is 5.89. The van der Waals surface area contributed by atoms with E-state index in [-0.39, 0.29) is 25.0 Å². The van der Waals surface area contributed by atoms with Gasteiger partial charge < -0.3 is 26.2 Å². The second-order valence-electron chi connectivity index (χ2n) is 8.41. The number of aliphatic hydroxyl groups excluding tert-OH is 1. The molecule has 3 atom stereocenters. The number of carbonyl (C=O) groups excluding carboxylic acids is 1. The van der Waals surface area contributed by atoms with Gasteiger partial charge in [-0.15, -0.1) is 0 Å². The normalized spacial score (nSPS) is 28.1. The molecule has 3 unspecified atom stereocenters. The molecule has 5 N–H and O–H groups in total. The quantitative estimate of drug-likeness (QED) is 0.509. The average Bonchev–Trinajstić information content (AvgIpc) is 3.01. The minimum absolute atomic E-state index is 0.0381. The number of carbonyl (C=O) groups is 1. The summed E-state index contributed by atoms with van der Waals surface area (Å²) in [5.41, 5.74) is 5.84. The number of nitrogens with one attached hydrogen (secondary N) is 2. The highest BCUT2D eigenvalue weighted by atomic mass is 16.5. The summed E-state index contributed by atoms with van der Waals surface area (Å²) in [5.74, 6) is 1.02. The Morgan fingerprint density at radius 3 is 3.00 bits per heavy atom. The summed E-state index contributed by atoms with van der Waals surface area (Å²) in [5, 5.41) is 16.4. The Hall–Kier alpha value is -2.95. The van der Waals surface area contributed by atoms with Crippen LogP contribution in [-0.2, 0) is 9.53 Å². The van der Waals surface area contributed by atoms with Crippen molar-refractivity contribution in [1.82, 2.24) is 30.6 Å². The first-order valence-electron chi connectivity index (χ1n) is 10.8. The van der Waals surface area contributed by atoms with Crippen molar-refractivity contribution < 1.29 is 14.6 Å². The largest absolute Gasteiger partial charge is 0.501 e. The van der Waals surface area contributed by atoms with Crippen LogP contribution >= 0.6 is 0 Å². The van der Waals surface area contributed by atoms with Crippen molar-refractivity contribution in [2.75, 3.05) is 20.3 Å². The Kier molecular flexibility index (Phi) is 6.45. The predicted octanol–water partition coefficient (Wildman–Crippen LogP) is 0.660. The molecular weight excluding hydrogens is 410 g/mol. The van der Waals surface area contributed by atoms with E-state index in [9.17, 15) is 9.90 Å². The summed E-state index contributed by atoms with van der Waals surface area (Å²) in [4.78, 5) is 30.7. The van der Waals surface area contributed by atoms with Gasteiger partial charge in [-0.2, -0.15) is 0 Å². The molecule has 4 rings (SSSR count). The molecule has 1 amide bonds. The average molecular weight is 440 g/mol. The van der Waals surface area contributed by atoms with Crippen LogP contribution in [0.2, 0.25) is 0 Å². The minimum Gasteiger partial charge on any atom is -0.501 e. The molecule has 3 heterocycles. The molecule has 0 saturated carbocycles. The number of nitrogens with zero attached hydrogens (tertiary/aromatic N) is 4. The molecule has 0 aromatic carbocycles. The van der Waals surface area contributed by atoms with E-state index in [0.29, 0.717) is 55.0 Å². The van der Waals surface area contributed by atoms with Gasteiger partial charge in [0.1, 0.15) is 16.9 Å². The zero-order chi connectivity index (χ0) is 22.6. The van der Waals surface area contributed by atoms with Gasteiger partial charge in [0, 0.05) is 31.0 Å². The van der Waals surface area contributed by atoms with Crippen molar-refractivity contribution in [2.24, 2.45) is 5.73 Å². The van der Waals surface area contributed by atoms with E-state index < -0.39 is 11.1 Å². The lowest BCUT2D eigenvalue weighted by Gasteiger charge is -2.37. The maximum absolute atomic E-state index is 13.2. The number of hydrogen-bond donors (Lipinski definition) is 4. The number of fused-ring (bicyclic) bond motifs is 1. The third-order valence-electron chi connectivity index (χ3n) is 6.26. The third-order valence-corrected chi connectivity index (χ3v) is 6.26. The molecular formula is C22H29N7O3. The van der Waals surface area contributed by atoms with Crippen molar-refractivity contribution in [3.63, 3.8) is 0 Å². The van der Waals surface area contributed by atoms with Gasteiger partial charge in [0.15, 0.2) is 5.65 Å². The van der Waals surface area contributed by atoms with Crippen LogP contribution in [0.5, 0.6) is 0 Å². The third kappa shape index (κ3) is 4.62. The van der Waals surface area contributed by atoms with E-state index in [4.69, 9.17) is 10.5 Å². The summed E-state index contributed by atoms with van der Waals surface area (Å²) in [6.45, 7) is 0.590. The number of rotatable bonds is 6. The Balaban J connectivity index is 1.50. The number of ether oxygens (including phenoxy) is 1. The highest BCUT2D eigenvalue weighted by Gasteiger charge is 2.41. The van der Waals surface area contributed by atoms with Gasteiger partial charge in [0.05, 0.1) is 25.1 Å². The molecule has 0 bridgehead atoms. The molecule has 1 fully saturated rings. The number of amides is 1. The van der Waals surface area contributed by atoms with Crippen molar-refractivity contribution in [1.29, 1.82) is 0 Å². The number of aromatic nitrogens is 4. The van der Waals surface area contributed by atoms with E-state index in [1.54, 1.807) is 43.9 Å². The maximum Gasteiger partial charge on any atom is 0.244 e. The van der Waals surface area contributed by atoms with Gasteiger partial charge in [-0.1, -0.05) is 12.2 Å². The Labute approximate surface area is 186 Å². The Bertz CT molecular complexity index is 1040. The molecule has 2 aromatic heterocycles. The van der Waals surface area contributed by atoms with Crippen molar-refractivity contribution in [3.8, 4) is 0 Å². The molecule has 2 aromatic rings. The van der Waals surface area contributed by atoms with E-state index in [1.165, 1.54) is 0 Å². The summed E-state index contributed by atoms with van der Waals surface area (Å²) in [7, 11) is 1.56. The molecule has 0 spiro atoms. The molecule has 2 aliphatic rings. The fourth-order valence-electron chi connectivity index (χ4n) is 4.34. The summed E-state index contributed by atoms with van der Waals surface area (Å²) in [6.07, 6.45) is 12.8. The number of methoxy groups -OCH3 is 1. The zero-order valence-electron chi connectivity index (χ0n) is 18.1. The number of allylic oxidation sites excluding steroid dienone is 2. The van der Waals surface area contributed by atoms with Gasteiger partial charge >= 0.3 is 0 Å². The summed E-state index contributed by atoms with van der Waals surface area (Å²) >= 11 is 0. The van der Waals surface area contributed by atoms with Crippen LogP contribution in [0.3, 0.4) is 0 Å². The molecule has 170 valence electrons. The molecule has 32 heavy (non-hydrogen) atoms. The number of hydrogen-bond acceptors (Lipinski definition) is 9. The van der Waals surface area contributed by atoms with Crippen LogP contribution in [0.4, 0.5) is 0 Å². The predicted molar refractivity (Wildman–Crippen MR) is 118 cm³/mol. The highest BCUT2D eigenvalue weighted by Crippen LogP contribution is 2.31. The molecule has 10 heteroatoms. The van der Waals surface area contributed by atoms with Crippen LogP contribution in [-0.4, -0.2) is 62.3 Å². The lowest BCUT2D eigenvalue weighted by atomic mass is 9.83. The van der Waals surface area contributed by atoms with Crippen LogP contribution in [0, 0.1) is 0 Å². The second kappa shape index (κ2) is 9.27. The molecule has 1 saturated heterocycles. The van der Waals surface area contributed by atoms with Crippen molar-refractivity contribution in [2.45, 2.75) is 49.2 Å². The van der Waals surface area contributed by atoms with Gasteiger partial charge in [0.25, 0.3) is 0 Å². The molecule has 1 aliphatic heterocycles. The first-order valence-corrected chi connectivity index (χ1v) is 10.8. The first kappa shape index (κ1) is 22.3. The Morgan fingerprint density at radius 2 is 2.19 bits per heavy atom. The van der Waals surface area contributed by atoms with Crippen LogP contribution < -0.4 is 16.4 Å². The molecule has 10 nitrogen and oxygen atoms in total. The lowest BCUT2D eigenvalue weighted by molar-refractivity contribution is -0.127. The van der Waals surface area contributed by atoms with Crippen LogP contribution in [0.1, 0.15) is 44.0 Å². The summed E-state index contributed by atoms with van der Waals surface area (Å²) < 4.78 is 5.29. The van der Waals surface area contributed by atoms with E-state index >= 15 is 0 Å². The first-order chi connectivity index (χ1) is 15.5. The lowest BCUT2D eigenvalue weighted by Crippen LogP contribution is -2.60. The fourth-order valence-corrected chi connectivity index (χ4v) is 4.34. The Morgan fingerprint density at radius 1 is 1.34 bits per heavy atom. The monoisotopic (exact) mass is 439 g/mol. The smallest absolute Gasteiger partial charge is 0.244 e. The number of nitrogens with two attached hydrogens (primary N) is 1. The minimum atomic E-state index is -1.19. The molecule has 0 radical (unpaired) electrons. The topological polar surface area (TPSA) is 148 Å². The van der Waals surface area contributed by atoms with Crippen molar-refractivity contribution >= 4 is 17.1 Å². The zero-order valence-corrected chi connectivity index (χ0v) is 18.1. The van der Waals surface area contributed by atoms with Gasteiger partial charge in [-0.3, -0.25) is 4.79 Å². The van der Waals surface area contributed by atoms with E-state index in [2.05, 4.69) is 30.6 Å².